The lowest BCUT2D eigenvalue weighted by atomic mass is 10.1. The normalized spacial score (nSPS) is 10.1. The summed E-state index contributed by atoms with van der Waals surface area (Å²) in [4.78, 5) is 11.2. The molecule has 0 aliphatic heterocycles. The largest absolute Gasteiger partial charge is 0.478 e. The molecule has 0 radical (unpaired) electrons. The number of benzene rings is 2. The molecule has 2 aromatic rings. The second-order valence-corrected chi connectivity index (χ2v) is 4.12. The Balaban J connectivity index is 2.46. The first-order valence-corrected chi connectivity index (χ1v) is 5.66. The number of rotatable bonds is 3. The monoisotopic (exact) mass is 242 g/mol. The Bertz CT molecular complexity index is 588. The summed E-state index contributed by atoms with van der Waals surface area (Å²) in [6, 6.07) is 12.6. The van der Waals surface area contributed by atoms with Crippen LogP contribution in [0.2, 0.25) is 0 Å². The average Bonchev–Trinajstić information content (AvgIpc) is 2.34. The van der Waals surface area contributed by atoms with Gasteiger partial charge in [-0.2, -0.15) is 0 Å². The fourth-order valence-corrected chi connectivity index (χ4v) is 1.74. The summed E-state index contributed by atoms with van der Waals surface area (Å²) in [5, 5.41) is 9.16. The molecule has 0 aliphatic rings. The maximum Gasteiger partial charge on any atom is 0.339 e. The van der Waals surface area contributed by atoms with Gasteiger partial charge in [-0.1, -0.05) is 30.3 Å². The van der Waals surface area contributed by atoms with Crippen molar-refractivity contribution in [3.8, 4) is 11.5 Å². The summed E-state index contributed by atoms with van der Waals surface area (Å²) in [6.07, 6.45) is 0. The standard InChI is InChI=1S/C15H14O3/c1-10-6-3-4-9-13(10)18-14-11(2)7-5-8-12(14)15(16)17/h3-9H,1-2H3,(H,16,17). The van der Waals surface area contributed by atoms with Crippen molar-refractivity contribution in [3.63, 3.8) is 0 Å². The highest BCUT2D eigenvalue weighted by Crippen LogP contribution is 2.30. The van der Waals surface area contributed by atoms with Crippen molar-refractivity contribution in [3.05, 3.63) is 59.2 Å². The van der Waals surface area contributed by atoms with Crippen molar-refractivity contribution in [2.45, 2.75) is 13.8 Å². The lowest BCUT2D eigenvalue weighted by Gasteiger charge is -2.13. The maximum atomic E-state index is 11.2. The molecule has 18 heavy (non-hydrogen) atoms. The van der Waals surface area contributed by atoms with E-state index >= 15 is 0 Å². The molecule has 92 valence electrons. The van der Waals surface area contributed by atoms with E-state index in [-0.39, 0.29) is 5.56 Å². The summed E-state index contributed by atoms with van der Waals surface area (Å²) in [6.45, 7) is 3.76. The number of hydrogen-bond acceptors (Lipinski definition) is 2. The summed E-state index contributed by atoms with van der Waals surface area (Å²) in [5.41, 5.74) is 1.95. The number of ether oxygens (including phenoxy) is 1. The molecule has 0 amide bonds. The number of aryl methyl sites for hydroxylation is 2. The Morgan fingerprint density at radius 1 is 1.00 bits per heavy atom. The van der Waals surface area contributed by atoms with E-state index in [1.165, 1.54) is 0 Å². The Morgan fingerprint density at radius 3 is 2.33 bits per heavy atom. The smallest absolute Gasteiger partial charge is 0.339 e. The Labute approximate surface area is 106 Å². The minimum Gasteiger partial charge on any atom is -0.478 e. The van der Waals surface area contributed by atoms with Gasteiger partial charge in [0.05, 0.1) is 0 Å². The summed E-state index contributed by atoms with van der Waals surface area (Å²) in [5.74, 6) is 0.0934. The molecular formula is C15H14O3. The van der Waals surface area contributed by atoms with Crippen LogP contribution in [0.15, 0.2) is 42.5 Å². The van der Waals surface area contributed by atoms with Crippen LogP contribution in [0.3, 0.4) is 0 Å². The SMILES string of the molecule is Cc1ccccc1Oc1c(C)cccc1C(=O)O. The van der Waals surface area contributed by atoms with Gasteiger partial charge in [-0.3, -0.25) is 0 Å². The molecule has 0 bridgehead atoms. The molecule has 0 spiro atoms. The van der Waals surface area contributed by atoms with Gasteiger partial charge >= 0.3 is 5.97 Å². The van der Waals surface area contributed by atoms with Gasteiger partial charge in [0, 0.05) is 0 Å². The average molecular weight is 242 g/mol. The predicted molar refractivity (Wildman–Crippen MR) is 69.4 cm³/mol. The van der Waals surface area contributed by atoms with E-state index in [9.17, 15) is 4.79 Å². The summed E-state index contributed by atoms with van der Waals surface area (Å²) >= 11 is 0. The number of carbonyl (C=O) groups is 1. The van der Waals surface area contributed by atoms with E-state index in [2.05, 4.69) is 0 Å². The third-order valence-corrected chi connectivity index (χ3v) is 2.75. The highest BCUT2D eigenvalue weighted by atomic mass is 16.5. The first-order chi connectivity index (χ1) is 8.59. The van der Waals surface area contributed by atoms with Gasteiger partial charge in [0.2, 0.25) is 0 Å². The van der Waals surface area contributed by atoms with Crippen molar-refractivity contribution < 1.29 is 14.6 Å². The van der Waals surface area contributed by atoms with Crippen LogP contribution in [0.4, 0.5) is 0 Å². The van der Waals surface area contributed by atoms with Crippen LogP contribution in [-0.2, 0) is 0 Å². The van der Waals surface area contributed by atoms with Crippen LogP contribution in [0, 0.1) is 13.8 Å². The molecule has 0 atom stereocenters. The zero-order chi connectivity index (χ0) is 13.1. The maximum absolute atomic E-state index is 11.2. The third-order valence-electron chi connectivity index (χ3n) is 2.75. The number of para-hydroxylation sites is 2. The van der Waals surface area contributed by atoms with Crippen molar-refractivity contribution in [1.82, 2.24) is 0 Å². The van der Waals surface area contributed by atoms with Crippen molar-refractivity contribution in [2.24, 2.45) is 0 Å². The Hall–Kier alpha value is -2.29. The fourth-order valence-electron chi connectivity index (χ4n) is 1.74. The zero-order valence-electron chi connectivity index (χ0n) is 10.3. The highest BCUT2D eigenvalue weighted by molar-refractivity contribution is 5.91. The quantitative estimate of drug-likeness (QED) is 0.890. The number of aromatic carboxylic acids is 1. The summed E-state index contributed by atoms with van der Waals surface area (Å²) < 4.78 is 5.75. The van der Waals surface area contributed by atoms with Crippen LogP contribution < -0.4 is 4.74 Å². The zero-order valence-corrected chi connectivity index (χ0v) is 10.3. The molecule has 0 fully saturated rings. The lowest BCUT2D eigenvalue weighted by Crippen LogP contribution is -2.02. The van der Waals surface area contributed by atoms with E-state index in [1.54, 1.807) is 12.1 Å². The predicted octanol–water partition coefficient (Wildman–Crippen LogP) is 3.79. The van der Waals surface area contributed by atoms with Gasteiger partial charge in [0.25, 0.3) is 0 Å². The molecule has 2 rings (SSSR count). The molecule has 0 heterocycles. The summed E-state index contributed by atoms with van der Waals surface area (Å²) in [7, 11) is 0. The molecule has 0 unspecified atom stereocenters. The second-order valence-electron chi connectivity index (χ2n) is 4.12. The molecule has 0 aromatic heterocycles. The lowest BCUT2D eigenvalue weighted by molar-refractivity contribution is 0.0694. The van der Waals surface area contributed by atoms with E-state index < -0.39 is 5.97 Å². The molecule has 0 saturated carbocycles. The molecule has 0 aliphatic carbocycles. The number of hydrogen-bond donors (Lipinski definition) is 1. The third kappa shape index (κ3) is 2.35. The van der Waals surface area contributed by atoms with Gasteiger partial charge < -0.3 is 9.84 Å². The molecule has 2 aromatic carbocycles. The number of carboxylic acids is 1. The first kappa shape index (κ1) is 12.2. The van der Waals surface area contributed by atoms with Crippen LogP contribution in [-0.4, -0.2) is 11.1 Å². The van der Waals surface area contributed by atoms with Crippen molar-refractivity contribution in [1.29, 1.82) is 0 Å². The van der Waals surface area contributed by atoms with Crippen LogP contribution in [0.25, 0.3) is 0 Å². The van der Waals surface area contributed by atoms with Crippen LogP contribution >= 0.6 is 0 Å². The molecule has 3 heteroatoms. The van der Waals surface area contributed by atoms with Crippen molar-refractivity contribution in [2.75, 3.05) is 0 Å². The molecular weight excluding hydrogens is 228 g/mol. The molecule has 0 saturated heterocycles. The van der Waals surface area contributed by atoms with E-state index in [0.717, 1.165) is 11.1 Å². The second kappa shape index (κ2) is 4.92. The topological polar surface area (TPSA) is 46.5 Å². The van der Waals surface area contributed by atoms with Gasteiger partial charge in [-0.15, -0.1) is 0 Å². The van der Waals surface area contributed by atoms with Gasteiger partial charge in [0.1, 0.15) is 17.1 Å². The molecule has 3 nitrogen and oxygen atoms in total. The highest BCUT2D eigenvalue weighted by Gasteiger charge is 2.14. The van der Waals surface area contributed by atoms with Gasteiger partial charge in [-0.25, -0.2) is 4.79 Å². The van der Waals surface area contributed by atoms with Gasteiger partial charge in [-0.05, 0) is 37.1 Å². The Morgan fingerprint density at radius 2 is 1.67 bits per heavy atom. The minimum atomic E-state index is -0.984. The number of carboxylic acid groups (broad SMARTS) is 1. The van der Waals surface area contributed by atoms with Crippen LogP contribution in [0.1, 0.15) is 21.5 Å². The van der Waals surface area contributed by atoms with Crippen molar-refractivity contribution >= 4 is 5.97 Å². The fraction of sp³-hybridized carbons (Fsp3) is 0.133. The molecule has 1 N–H and O–H groups in total. The van der Waals surface area contributed by atoms with E-state index in [0.29, 0.717) is 11.5 Å². The van der Waals surface area contributed by atoms with Crippen LogP contribution in [0.5, 0.6) is 11.5 Å². The van der Waals surface area contributed by atoms with E-state index in [4.69, 9.17) is 9.84 Å². The minimum absolute atomic E-state index is 0.179. The van der Waals surface area contributed by atoms with E-state index in [1.807, 2.05) is 44.2 Å². The Kier molecular flexibility index (Phi) is 3.33. The first-order valence-electron chi connectivity index (χ1n) is 5.66. The van der Waals surface area contributed by atoms with Gasteiger partial charge in [0.15, 0.2) is 0 Å².